The van der Waals surface area contributed by atoms with Crippen molar-refractivity contribution in [3.63, 3.8) is 0 Å². The van der Waals surface area contributed by atoms with Gasteiger partial charge in [0.1, 0.15) is 11.2 Å². The van der Waals surface area contributed by atoms with Crippen molar-refractivity contribution in [2.45, 2.75) is 69.1 Å². The van der Waals surface area contributed by atoms with Gasteiger partial charge in [-0.3, -0.25) is 4.79 Å². The predicted molar refractivity (Wildman–Crippen MR) is 123 cm³/mol. The Balaban J connectivity index is 0.000000384. The number of carbonyl (C=O) groups excluding carboxylic acids is 1. The van der Waals surface area contributed by atoms with E-state index < -0.39 is 12.1 Å². The number of aromatic nitrogens is 4. The van der Waals surface area contributed by atoms with Gasteiger partial charge in [-0.15, -0.1) is 0 Å². The number of nitrogens with one attached hydrogen (secondary N) is 3. The fourth-order valence-electron chi connectivity index (χ4n) is 4.80. The molecule has 36 heavy (non-hydrogen) atoms. The number of carbonyl (C=O) groups is 2. The van der Waals surface area contributed by atoms with E-state index in [0.717, 1.165) is 38.8 Å². The van der Waals surface area contributed by atoms with Crippen LogP contribution in [0.15, 0.2) is 11.0 Å². The van der Waals surface area contributed by atoms with Crippen LogP contribution in [0.25, 0.3) is 11.0 Å². The van der Waals surface area contributed by atoms with Gasteiger partial charge in [-0.05, 0) is 32.2 Å². The molecular formula is C22H30F3N7O4. The Labute approximate surface area is 204 Å². The van der Waals surface area contributed by atoms with E-state index in [-0.39, 0.29) is 23.6 Å². The lowest BCUT2D eigenvalue weighted by Gasteiger charge is -2.39. The summed E-state index contributed by atoms with van der Waals surface area (Å²) in [6.07, 6.45) is 4.52. The molecule has 0 radical (unpaired) electrons. The molecule has 2 amide bonds. The summed E-state index contributed by atoms with van der Waals surface area (Å²) >= 11 is 0. The monoisotopic (exact) mass is 513 g/mol. The first-order valence-electron chi connectivity index (χ1n) is 12.2. The highest BCUT2D eigenvalue weighted by molar-refractivity contribution is 5.76. The number of H-pyrrole nitrogens is 1. The van der Waals surface area contributed by atoms with Gasteiger partial charge in [0, 0.05) is 25.7 Å². The average Bonchev–Trinajstić information content (AvgIpc) is 3.24. The molecule has 3 aliphatic rings. The van der Waals surface area contributed by atoms with Gasteiger partial charge < -0.3 is 25.6 Å². The molecule has 1 unspecified atom stereocenters. The van der Waals surface area contributed by atoms with E-state index in [1.54, 1.807) is 11.1 Å². The number of piperidine rings is 1. The lowest BCUT2D eigenvalue weighted by molar-refractivity contribution is -0.192. The minimum Gasteiger partial charge on any atom is -0.475 e. The van der Waals surface area contributed by atoms with E-state index in [9.17, 15) is 22.8 Å². The largest absolute Gasteiger partial charge is 0.490 e. The number of carboxylic acids is 1. The zero-order chi connectivity index (χ0) is 25.9. The average molecular weight is 514 g/mol. The number of halogens is 3. The quantitative estimate of drug-likeness (QED) is 0.492. The highest BCUT2D eigenvalue weighted by Gasteiger charge is 2.38. The zero-order valence-corrected chi connectivity index (χ0v) is 19.7. The van der Waals surface area contributed by atoms with Crippen molar-refractivity contribution < 1.29 is 27.9 Å². The van der Waals surface area contributed by atoms with Gasteiger partial charge in [0.05, 0.1) is 18.2 Å². The number of urea groups is 1. The fourth-order valence-corrected chi connectivity index (χ4v) is 4.80. The van der Waals surface area contributed by atoms with E-state index in [2.05, 4.69) is 20.7 Å². The fraction of sp³-hybridized carbons (Fsp3) is 0.682. The number of aliphatic carboxylic acids is 1. The van der Waals surface area contributed by atoms with Crippen LogP contribution in [0.2, 0.25) is 0 Å². The van der Waals surface area contributed by atoms with Crippen LogP contribution in [-0.2, 0) is 4.79 Å². The summed E-state index contributed by atoms with van der Waals surface area (Å²) in [5.41, 5.74) is 0.551. The number of amides is 2. The molecule has 0 bridgehead atoms. The van der Waals surface area contributed by atoms with Crippen molar-refractivity contribution in [2.24, 2.45) is 0 Å². The maximum absolute atomic E-state index is 12.6. The van der Waals surface area contributed by atoms with Gasteiger partial charge in [-0.25, -0.2) is 19.3 Å². The van der Waals surface area contributed by atoms with Crippen molar-refractivity contribution in [3.05, 3.63) is 22.4 Å². The molecule has 0 aromatic carbocycles. The first kappa shape index (κ1) is 25.9. The first-order valence-corrected chi connectivity index (χ1v) is 12.2. The molecule has 11 nitrogen and oxygen atoms in total. The van der Waals surface area contributed by atoms with Crippen molar-refractivity contribution in [2.75, 3.05) is 26.2 Å². The maximum Gasteiger partial charge on any atom is 0.490 e. The van der Waals surface area contributed by atoms with Crippen molar-refractivity contribution in [1.29, 1.82) is 0 Å². The van der Waals surface area contributed by atoms with Crippen LogP contribution in [0.4, 0.5) is 18.0 Å². The van der Waals surface area contributed by atoms with Crippen molar-refractivity contribution >= 4 is 23.0 Å². The first-order chi connectivity index (χ1) is 17.1. The molecule has 14 heteroatoms. The van der Waals surface area contributed by atoms with Crippen molar-refractivity contribution in [1.82, 2.24) is 35.3 Å². The number of hydrogen-bond acceptors (Lipinski definition) is 6. The summed E-state index contributed by atoms with van der Waals surface area (Å²) in [6, 6.07) is 0.510. The van der Waals surface area contributed by atoms with Gasteiger partial charge in [-0.2, -0.15) is 18.3 Å². The van der Waals surface area contributed by atoms with Gasteiger partial charge in [0.15, 0.2) is 5.65 Å². The summed E-state index contributed by atoms with van der Waals surface area (Å²) < 4.78 is 33.7. The highest BCUT2D eigenvalue weighted by Crippen LogP contribution is 2.30. The van der Waals surface area contributed by atoms with Gasteiger partial charge in [0.2, 0.25) is 0 Å². The Hall–Kier alpha value is -3.16. The number of carboxylic acid groups (broad SMARTS) is 1. The summed E-state index contributed by atoms with van der Waals surface area (Å²) in [5.74, 6) is -2.02. The zero-order valence-electron chi connectivity index (χ0n) is 19.7. The molecule has 1 saturated carbocycles. The molecule has 4 N–H and O–H groups in total. The van der Waals surface area contributed by atoms with Gasteiger partial charge in [-0.1, -0.05) is 19.3 Å². The number of nitrogens with zero attached hydrogens (tertiary/aromatic N) is 4. The number of rotatable bonds is 3. The Morgan fingerprint density at radius 3 is 2.42 bits per heavy atom. The smallest absolute Gasteiger partial charge is 0.475 e. The lowest BCUT2D eigenvalue weighted by atomic mass is 9.96. The third-order valence-electron chi connectivity index (χ3n) is 6.82. The number of alkyl halides is 3. The standard InChI is InChI=1S/C20H29N7O2.C2HF3O2/c28-19-16-10-22-27(15-6-2-1-3-7-15)18(16)24-17(25-19)13-11-26(12-13)20(29)23-14-5-4-8-21-9-14;3-2(4,5)1(6)7/h10,13-15,21H,1-9,11-12H2,(H,23,29)(H,24,25,28);(H,6,7). The van der Waals surface area contributed by atoms with Crippen LogP contribution in [0.5, 0.6) is 0 Å². The second-order valence-electron chi connectivity index (χ2n) is 9.47. The minimum atomic E-state index is -5.08. The van der Waals surface area contributed by atoms with Crippen LogP contribution in [0, 0.1) is 0 Å². The summed E-state index contributed by atoms with van der Waals surface area (Å²) in [5, 5.41) is 18.6. The van der Waals surface area contributed by atoms with E-state index in [4.69, 9.17) is 14.9 Å². The van der Waals surface area contributed by atoms with E-state index in [1.165, 1.54) is 19.3 Å². The van der Waals surface area contributed by atoms with E-state index in [0.29, 0.717) is 36.0 Å². The number of fused-ring (bicyclic) bond motifs is 1. The molecule has 2 aromatic rings. The molecule has 0 spiro atoms. The number of aromatic amines is 1. The normalized spacial score (nSPS) is 21.4. The maximum atomic E-state index is 12.6. The minimum absolute atomic E-state index is 0.0226. The molecule has 4 heterocycles. The molecule has 2 aromatic heterocycles. The van der Waals surface area contributed by atoms with Gasteiger partial charge >= 0.3 is 18.2 Å². The third kappa shape index (κ3) is 5.97. The molecular weight excluding hydrogens is 483 g/mol. The van der Waals surface area contributed by atoms with Crippen LogP contribution < -0.4 is 16.2 Å². The second kappa shape index (κ2) is 10.8. The highest BCUT2D eigenvalue weighted by atomic mass is 19.4. The molecule has 2 saturated heterocycles. The second-order valence-corrected chi connectivity index (χ2v) is 9.47. The molecule has 1 atom stereocenters. The number of likely N-dealkylation sites (tertiary alicyclic amines) is 1. The van der Waals surface area contributed by atoms with Crippen LogP contribution in [0.3, 0.4) is 0 Å². The predicted octanol–water partition coefficient (Wildman–Crippen LogP) is 2.12. The molecule has 3 fully saturated rings. The molecule has 198 valence electrons. The Bertz CT molecular complexity index is 1130. The van der Waals surface area contributed by atoms with Crippen LogP contribution >= 0.6 is 0 Å². The summed E-state index contributed by atoms with van der Waals surface area (Å²) in [4.78, 5) is 43.4. The Morgan fingerprint density at radius 2 is 1.81 bits per heavy atom. The Kier molecular flexibility index (Phi) is 7.81. The lowest BCUT2D eigenvalue weighted by Crippen LogP contribution is -2.57. The topological polar surface area (TPSA) is 145 Å². The van der Waals surface area contributed by atoms with Crippen molar-refractivity contribution in [3.8, 4) is 0 Å². The Morgan fingerprint density at radius 1 is 1.11 bits per heavy atom. The number of hydrogen-bond donors (Lipinski definition) is 4. The van der Waals surface area contributed by atoms with Gasteiger partial charge in [0.25, 0.3) is 5.56 Å². The molecule has 5 rings (SSSR count). The SMILES string of the molecule is O=C(NC1CCCNC1)N1CC(c2nc3c(cnn3C3CCCCC3)c(=O)[nH]2)C1.O=C(O)C(F)(F)F. The molecule has 1 aliphatic carbocycles. The third-order valence-corrected chi connectivity index (χ3v) is 6.82. The van der Waals surface area contributed by atoms with Crippen LogP contribution in [-0.4, -0.2) is 80.2 Å². The molecule has 2 aliphatic heterocycles. The van der Waals surface area contributed by atoms with E-state index >= 15 is 0 Å². The summed E-state index contributed by atoms with van der Waals surface area (Å²) in [7, 11) is 0. The summed E-state index contributed by atoms with van der Waals surface area (Å²) in [6.45, 7) is 3.02. The van der Waals surface area contributed by atoms with E-state index in [1.807, 2.05) is 4.68 Å². The van der Waals surface area contributed by atoms with Crippen LogP contribution in [0.1, 0.15) is 62.7 Å².